The molecule has 0 saturated carbocycles. The SMILES string of the molecule is COC(=O)c1ccc(N2CCN(CC(=O)Nc3ccccc3C(=O)OC)C(C)C2)cc1. The molecule has 0 aliphatic carbocycles. The Bertz CT molecular complexity index is 944. The lowest BCUT2D eigenvalue weighted by Gasteiger charge is -2.40. The van der Waals surface area contributed by atoms with E-state index in [2.05, 4.69) is 22.0 Å². The Kier molecular flexibility index (Phi) is 7.25. The van der Waals surface area contributed by atoms with Gasteiger partial charge in [-0.05, 0) is 43.3 Å². The summed E-state index contributed by atoms with van der Waals surface area (Å²) in [6.07, 6.45) is 0. The first kappa shape index (κ1) is 22.3. The number of carbonyl (C=O) groups excluding carboxylic acids is 3. The first-order valence-electron chi connectivity index (χ1n) is 10.1. The maximum Gasteiger partial charge on any atom is 0.339 e. The van der Waals surface area contributed by atoms with Crippen LogP contribution < -0.4 is 10.2 Å². The van der Waals surface area contributed by atoms with Crippen LogP contribution in [-0.2, 0) is 14.3 Å². The number of anilines is 2. The van der Waals surface area contributed by atoms with E-state index in [0.29, 0.717) is 23.4 Å². The van der Waals surface area contributed by atoms with Crippen molar-refractivity contribution in [1.82, 2.24) is 4.90 Å². The summed E-state index contributed by atoms with van der Waals surface area (Å²) in [6, 6.07) is 14.3. The number of benzene rings is 2. The first-order chi connectivity index (χ1) is 14.9. The average Bonchev–Trinajstić information content (AvgIpc) is 2.79. The monoisotopic (exact) mass is 425 g/mol. The van der Waals surface area contributed by atoms with Crippen molar-refractivity contribution in [2.45, 2.75) is 13.0 Å². The van der Waals surface area contributed by atoms with E-state index in [1.807, 2.05) is 12.1 Å². The lowest BCUT2D eigenvalue weighted by atomic mass is 10.1. The third-order valence-corrected chi connectivity index (χ3v) is 5.37. The summed E-state index contributed by atoms with van der Waals surface area (Å²) in [5.74, 6) is -1.03. The zero-order valence-corrected chi connectivity index (χ0v) is 18.0. The van der Waals surface area contributed by atoms with Gasteiger partial charge in [0.15, 0.2) is 0 Å². The molecule has 1 aliphatic rings. The number of carbonyl (C=O) groups is 3. The molecular formula is C23H27N3O5. The van der Waals surface area contributed by atoms with Crippen molar-refractivity contribution < 1.29 is 23.9 Å². The maximum atomic E-state index is 12.6. The standard InChI is InChI=1S/C23H27N3O5/c1-16-14-26(18-10-8-17(9-11-18)22(28)30-2)13-12-25(16)15-21(27)24-20-7-5-4-6-19(20)23(29)31-3/h4-11,16H,12-15H2,1-3H3,(H,24,27). The minimum Gasteiger partial charge on any atom is -0.465 e. The van der Waals surface area contributed by atoms with Crippen LogP contribution in [0, 0.1) is 0 Å². The van der Waals surface area contributed by atoms with Crippen LogP contribution in [-0.4, -0.2) is 69.2 Å². The van der Waals surface area contributed by atoms with Gasteiger partial charge in [-0.15, -0.1) is 0 Å². The van der Waals surface area contributed by atoms with Crippen molar-refractivity contribution in [2.75, 3.05) is 50.6 Å². The van der Waals surface area contributed by atoms with Crippen molar-refractivity contribution in [1.29, 1.82) is 0 Å². The molecule has 1 amide bonds. The van der Waals surface area contributed by atoms with Crippen LogP contribution in [0.15, 0.2) is 48.5 Å². The second-order valence-corrected chi connectivity index (χ2v) is 7.39. The van der Waals surface area contributed by atoms with E-state index in [-0.39, 0.29) is 24.5 Å². The van der Waals surface area contributed by atoms with Crippen molar-refractivity contribution in [3.8, 4) is 0 Å². The van der Waals surface area contributed by atoms with Crippen molar-refractivity contribution in [2.24, 2.45) is 0 Å². The Balaban J connectivity index is 1.58. The van der Waals surface area contributed by atoms with E-state index in [9.17, 15) is 14.4 Å². The molecule has 0 bridgehead atoms. The number of para-hydroxylation sites is 1. The molecule has 1 N–H and O–H groups in total. The molecule has 1 fully saturated rings. The van der Waals surface area contributed by atoms with Crippen LogP contribution in [0.25, 0.3) is 0 Å². The van der Waals surface area contributed by atoms with E-state index in [4.69, 9.17) is 9.47 Å². The number of nitrogens with one attached hydrogen (secondary N) is 1. The van der Waals surface area contributed by atoms with Crippen molar-refractivity contribution >= 4 is 29.2 Å². The van der Waals surface area contributed by atoms with Gasteiger partial charge in [0, 0.05) is 31.4 Å². The van der Waals surface area contributed by atoms with Gasteiger partial charge in [0.05, 0.1) is 37.6 Å². The average molecular weight is 425 g/mol. The highest BCUT2D eigenvalue weighted by Crippen LogP contribution is 2.21. The number of amides is 1. The van der Waals surface area contributed by atoms with E-state index in [0.717, 1.165) is 18.8 Å². The molecule has 0 radical (unpaired) electrons. The van der Waals surface area contributed by atoms with Crippen molar-refractivity contribution in [3.05, 3.63) is 59.7 Å². The Morgan fingerprint density at radius 1 is 0.968 bits per heavy atom. The quantitative estimate of drug-likeness (QED) is 0.711. The summed E-state index contributed by atoms with van der Waals surface area (Å²) in [5, 5.41) is 2.82. The second kappa shape index (κ2) is 10.1. The normalized spacial score (nSPS) is 16.5. The lowest BCUT2D eigenvalue weighted by molar-refractivity contribution is -0.117. The molecule has 1 atom stereocenters. The third kappa shape index (κ3) is 5.40. The smallest absolute Gasteiger partial charge is 0.339 e. The predicted octanol–water partition coefficient (Wildman–Crippen LogP) is 2.41. The Hall–Kier alpha value is -3.39. The Morgan fingerprint density at radius 3 is 2.29 bits per heavy atom. The number of hydrogen-bond acceptors (Lipinski definition) is 7. The zero-order chi connectivity index (χ0) is 22.4. The topological polar surface area (TPSA) is 88.2 Å². The van der Waals surface area contributed by atoms with Gasteiger partial charge in [-0.3, -0.25) is 9.69 Å². The van der Waals surface area contributed by atoms with Gasteiger partial charge >= 0.3 is 11.9 Å². The number of hydrogen-bond donors (Lipinski definition) is 1. The Morgan fingerprint density at radius 2 is 1.65 bits per heavy atom. The molecular weight excluding hydrogens is 398 g/mol. The third-order valence-electron chi connectivity index (χ3n) is 5.37. The highest BCUT2D eigenvalue weighted by Gasteiger charge is 2.26. The maximum absolute atomic E-state index is 12.6. The fraction of sp³-hybridized carbons (Fsp3) is 0.348. The van der Waals surface area contributed by atoms with Crippen LogP contribution in [0.5, 0.6) is 0 Å². The molecule has 164 valence electrons. The minimum atomic E-state index is -0.490. The minimum absolute atomic E-state index is 0.149. The fourth-order valence-electron chi connectivity index (χ4n) is 3.65. The van der Waals surface area contributed by atoms with Gasteiger partial charge in [-0.1, -0.05) is 12.1 Å². The van der Waals surface area contributed by atoms with E-state index in [1.54, 1.807) is 36.4 Å². The summed E-state index contributed by atoms with van der Waals surface area (Å²) >= 11 is 0. The number of esters is 2. The second-order valence-electron chi connectivity index (χ2n) is 7.39. The largest absolute Gasteiger partial charge is 0.465 e. The van der Waals surface area contributed by atoms with E-state index < -0.39 is 5.97 Å². The van der Waals surface area contributed by atoms with E-state index >= 15 is 0 Å². The van der Waals surface area contributed by atoms with Gasteiger partial charge in [0.2, 0.25) is 5.91 Å². The number of nitrogens with zero attached hydrogens (tertiary/aromatic N) is 2. The fourth-order valence-corrected chi connectivity index (χ4v) is 3.65. The number of ether oxygens (including phenoxy) is 2. The highest BCUT2D eigenvalue weighted by molar-refractivity contribution is 6.01. The molecule has 1 heterocycles. The zero-order valence-electron chi connectivity index (χ0n) is 18.0. The van der Waals surface area contributed by atoms with E-state index in [1.165, 1.54) is 14.2 Å². The van der Waals surface area contributed by atoms with Gasteiger partial charge in [-0.25, -0.2) is 9.59 Å². The van der Waals surface area contributed by atoms with Gasteiger partial charge in [0.25, 0.3) is 0 Å². The highest BCUT2D eigenvalue weighted by atomic mass is 16.5. The van der Waals surface area contributed by atoms with Crippen LogP contribution in [0.2, 0.25) is 0 Å². The molecule has 3 rings (SSSR count). The molecule has 8 nitrogen and oxygen atoms in total. The summed E-state index contributed by atoms with van der Waals surface area (Å²) < 4.78 is 9.51. The van der Waals surface area contributed by atoms with Crippen LogP contribution >= 0.6 is 0 Å². The molecule has 1 saturated heterocycles. The predicted molar refractivity (Wildman–Crippen MR) is 117 cm³/mol. The number of piperazine rings is 1. The van der Waals surface area contributed by atoms with Crippen LogP contribution in [0.4, 0.5) is 11.4 Å². The first-order valence-corrected chi connectivity index (χ1v) is 10.1. The van der Waals surface area contributed by atoms with Crippen LogP contribution in [0.3, 0.4) is 0 Å². The van der Waals surface area contributed by atoms with Gasteiger partial charge in [-0.2, -0.15) is 0 Å². The molecule has 0 spiro atoms. The molecule has 2 aromatic rings. The molecule has 2 aromatic carbocycles. The Labute approximate surface area is 181 Å². The van der Waals surface area contributed by atoms with Gasteiger partial charge < -0.3 is 19.7 Å². The molecule has 31 heavy (non-hydrogen) atoms. The van der Waals surface area contributed by atoms with Crippen molar-refractivity contribution in [3.63, 3.8) is 0 Å². The molecule has 1 aliphatic heterocycles. The summed E-state index contributed by atoms with van der Waals surface area (Å²) in [4.78, 5) is 40.4. The summed E-state index contributed by atoms with van der Waals surface area (Å²) in [7, 11) is 2.67. The molecule has 1 unspecified atom stereocenters. The summed E-state index contributed by atoms with van der Waals surface area (Å²) in [5.41, 5.74) is 2.31. The number of rotatable bonds is 6. The van der Waals surface area contributed by atoms with Crippen LogP contribution in [0.1, 0.15) is 27.6 Å². The number of methoxy groups -OCH3 is 2. The summed E-state index contributed by atoms with van der Waals surface area (Å²) in [6.45, 7) is 4.53. The lowest BCUT2D eigenvalue weighted by Crippen LogP contribution is -2.53. The molecule has 8 heteroatoms. The molecule has 0 aromatic heterocycles. The van der Waals surface area contributed by atoms with Gasteiger partial charge in [0.1, 0.15) is 0 Å².